The van der Waals surface area contributed by atoms with Gasteiger partial charge in [0.25, 0.3) is 0 Å². The number of rotatable bonds is 0. The van der Waals surface area contributed by atoms with E-state index >= 15 is 0 Å². The first kappa shape index (κ1) is 22.7. The summed E-state index contributed by atoms with van der Waals surface area (Å²) in [5, 5.41) is 0. The zero-order valence-corrected chi connectivity index (χ0v) is 9.94. The van der Waals surface area contributed by atoms with Crippen LogP contribution in [0.3, 0.4) is 0 Å². The maximum Gasteiger partial charge on any atom is 2.00 e. The second-order valence-electron chi connectivity index (χ2n) is 0.408. The molecule has 0 heterocycles. The first-order valence-corrected chi connectivity index (χ1v) is 3.00. The van der Waals surface area contributed by atoms with Crippen LogP contribution in [0.2, 0.25) is 0 Å². The molecular weight excluding hydrogens is 225 g/mol. The standard InChI is InChI=1S/Ca.Mg.2H2O3S/c;;2*1-4(2)3/h;;2*(H2,1,2,3)/q2*+2;;/p-4. The van der Waals surface area contributed by atoms with Crippen molar-refractivity contribution >= 4 is 83.5 Å². The monoisotopic (exact) mass is 224 g/mol. The Hall–Kier alpha value is 2.17. The molecule has 0 aromatic rings. The Morgan fingerprint density at radius 3 is 0.800 bits per heavy atom. The third-order valence-electron chi connectivity index (χ3n) is 0. The summed E-state index contributed by atoms with van der Waals surface area (Å²) < 4.78 is 50.7. The maximum absolute atomic E-state index is 8.44. The molecule has 0 rings (SSSR count). The molecule has 0 N–H and O–H groups in total. The van der Waals surface area contributed by atoms with Crippen molar-refractivity contribution in [1.82, 2.24) is 0 Å². The van der Waals surface area contributed by atoms with E-state index in [0.29, 0.717) is 0 Å². The first-order chi connectivity index (χ1) is 3.46. The molecule has 0 aromatic carbocycles. The van der Waals surface area contributed by atoms with Gasteiger partial charge in [0.2, 0.25) is 0 Å². The number of hydrogen-bond donors (Lipinski definition) is 0. The van der Waals surface area contributed by atoms with Crippen LogP contribution in [0.4, 0.5) is 0 Å². The zero-order chi connectivity index (χ0) is 7.15. The van der Waals surface area contributed by atoms with Gasteiger partial charge in [-0.3, -0.25) is 8.42 Å². The topological polar surface area (TPSA) is 126 Å². The van der Waals surface area contributed by atoms with Gasteiger partial charge in [-0.1, -0.05) is 0 Å². The van der Waals surface area contributed by atoms with Crippen LogP contribution in [0.15, 0.2) is 0 Å². The largest absolute Gasteiger partial charge is 2.00 e. The van der Waals surface area contributed by atoms with Crippen LogP contribution >= 0.6 is 0 Å². The minimum Gasteiger partial charge on any atom is -0.784 e. The van der Waals surface area contributed by atoms with Crippen molar-refractivity contribution in [2.75, 3.05) is 0 Å². The van der Waals surface area contributed by atoms with Gasteiger partial charge in [-0.05, 0) is 0 Å². The molecule has 10 heavy (non-hydrogen) atoms. The van der Waals surface area contributed by atoms with Crippen molar-refractivity contribution in [3.05, 3.63) is 0 Å². The minimum atomic E-state index is -3.11. The zero-order valence-electron chi connectivity index (χ0n) is 4.68. The molecular formula is CaMgO6S2. The van der Waals surface area contributed by atoms with Crippen LogP contribution in [0, 0.1) is 0 Å². The molecule has 0 radical (unpaired) electrons. The van der Waals surface area contributed by atoms with E-state index in [1.54, 1.807) is 0 Å². The summed E-state index contributed by atoms with van der Waals surface area (Å²) in [7, 11) is 0. The van der Waals surface area contributed by atoms with Gasteiger partial charge in [-0.15, -0.1) is 22.7 Å². The Labute approximate surface area is 109 Å². The van der Waals surface area contributed by atoms with E-state index in [1.165, 1.54) is 0 Å². The molecule has 0 aliphatic heterocycles. The van der Waals surface area contributed by atoms with E-state index in [4.69, 9.17) is 26.6 Å². The minimum absolute atomic E-state index is 0. The summed E-state index contributed by atoms with van der Waals surface area (Å²) in [6, 6.07) is 0. The summed E-state index contributed by atoms with van der Waals surface area (Å²) in [6.45, 7) is 0. The molecule has 0 unspecified atom stereocenters. The third kappa shape index (κ3) is 182. The fraction of sp³-hybridized carbons (Fsp3) is 0. The summed E-state index contributed by atoms with van der Waals surface area (Å²) in [5.74, 6) is 0. The van der Waals surface area contributed by atoms with Crippen LogP contribution in [-0.2, 0) is 22.7 Å². The van der Waals surface area contributed by atoms with Gasteiger partial charge in [0.05, 0.1) is 0 Å². The van der Waals surface area contributed by atoms with Crippen molar-refractivity contribution in [1.29, 1.82) is 0 Å². The Kier molecular flexibility index (Phi) is 39.4. The summed E-state index contributed by atoms with van der Waals surface area (Å²) in [6.07, 6.45) is 0. The Morgan fingerprint density at radius 2 is 0.800 bits per heavy atom. The van der Waals surface area contributed by atoms with E-state index < -0.39 is 22.7 Å². The molecule has 10 heteroatoms. The smallest absolute Gasteiger partial charge is 0.784 e. The fourth-order valence-corrected chi connectivity index (χ4v) is 0. The normalized spacial score (nSPS) is 7.00. The fourth-order valence-electron chi connectivity index (χ4n) is 0. The molecule has 0 amide bonds. The van der Waals surface area contributed by atoms with Crippen molar-refractivity contribution in [3.63, 3.8) is 0 Å². The van der Waals surface area contributed by atoms with Crippen LogP contribution < -0.4 is 0 Å². The Balaban J connectivity index is -0.0000000300. The van der Waals surface area contributed by atoms with Crippen molar-refractivity contribution in [2.45, 2.75) is 0 Å². The van der Waals surface area contributed by atoms with Crippen molar-refractivity contribution < 1.29 is 26.6 Å². The molecule has 0 spiro atoms. The van der Waals surface area contributed by atoms with Gasteiger partial charge in [0.1, 0.15) is 0 Å². The second-order valence-corrected chi connectivity index (χ2v) is 1.22. The van der Waals surface area contributed by atoms with Crippen LogP contribution in [0.1, 0.15) is 0 Å². The van der Waals surface area contributed by atoms with Gasteiger partial charge in [-0.25, -0.2) is 0 Å². The predicted molar refractivity (Wildman–Crippen MR) is 30.9 cm³/mol. The summed E-state index contributed by atoms with van der Waals surface area (Å²) in [5.41, 5.74) is 0. The van der Waals surface area contributed by atoms with Crippen LogP contribution in [0.25, 0.3) is 0 Å². The Morgan fingerprint density at radius 1 is 0.800 bits per heavy atom. The molecule has 0 atom stereocenters. The van der Waals surface area contributed by atoms with E-state index in [0.717, 1.165) is 0 Å². The summed E-state index contributed by atoms with van der Waals surface area (Å²) in [4.78, 5) is 0. The van der Waals surface area contributed by atoms with E-state index in [9.17, 15) is 0 Å². The molecule has 0 aliphatic rings. The van der Waals surface area contributed by atoms with Crippen molar-refractivity contribution in [3.8, 4) is 0 Å². The van der Waals surface area contributed by atoms with Crippen molar-refractivity contribution in [2.24, 2.45) is 0 Å². The van der Waals surface area contributed by atoms with Crippen LogP contribution in [0.5, 0.6) is 0 Å². The van der Waals surface area contributed by atoms with E-state index in [-0.39, 0.29) is 60.8 Å². The molecule has 0 fully saturated rings. The van der Waals surface area contributed by atoms with Gasteiger partial charge in [0, 0.05) is 0 Å². The van der Waals surface area contributed by atoms with Gasteiger partial charge in [-0.2, -0.15) is 0 Å². The van der Waals surface area contributed by atoms with Gasteiger partial charge < -0.3 is 18.2 Å². The second kappa shape index (κ2) is 17.3. The molecule has 52 valence electrons. The average Bonchev–Trinajstić information content (AvgIpc) is 1.25. The molecule has 0 aromatic heterocycles. The molecule has 0 aliphatic carbocycles. The average molecular weight is 225 g/mol. The van der Waals surface area contributed by atoms with E-state index in [2.05, 4.69) is 0 Å². The molecule has 0 bridgehead atoms. The van der Waals surface area contributed by atoms with Gasteiger partial charge >= 0.3 is 60.8 Å². The third-order valence-corrected chi connectivity index (χ3v) is 0. The molecule has 0 saturated heterocycles. The number of hydrogen-bond acceptors (Lipinski definition) is 6. The van der Waals surface area contributed by atoms with Crippen LogP contribution in [-0.4, -0.2) is 87.4 Å². The first-order valence-electron chi connectivity index (χ1n) is 1.00. The van der Waals surface area contributed by atoms with E-state index in [1.807, 2.05) is 0 Å². The molecule has 0 saturated carbocycles. The Bertz CT molecular complexity index is 73.7. The SMILES string of the molecule is O=S([O-])[O-].O=S([O-])[O-].[Ca+2].[Mg+2]. The quantitative estimate of drug-likeness (QED) is 0.324. The summed E-state index contributed by atoms with van der Waals surface area (Å²) >= 11 is -6.22. The molecule has 6 nitrogen and oxygen atoms in total. The maximum atomic E-state index is 8.44. The van der Waals surface area contributed by atoms with Gasteiger partial charge in [0.15, 0.2) is 0 Å². The predicted octanol–water partition coefficient (Wildman–Crippen LogP) is -2.77.